The van der Waals surface area contributed by atoms with Gasteiger partial charge in [0.25, 0.3) is 0 Å². The first-order chi connectivity index (χ1) is 11.5. The Kier molecular flexibility index (Phi) is 4.04. The fraction of sp³-hybridized carbons (Fsp3) is 0.286. The van der Waals surface area contributed by atoms with Gasteiger partial charge in [0, 0.05) is 24.8 Å². The lowest BCUT2D eigenvalue weighted by Gasteiger charge is -2.11. The van der Waals surface area contributed by atoms with Crippen molar-refractivity contribution >= 4 is 29.3 Å². The summed E-state index contributed by atoms with van der Waals surface area (Å²) in [4.78, 5) is 28.6. The molecular formula is C14H16N6O4. The third-order valence-corrected chi connectivity index (χ3v) is 3.93. The molecule has 1 aliphatic heterocycles. The SMILES string of the molecule is N=C(NO)c1ccc2nc(NC(=O)[C@H]3CCN(C(=O)O)C3)cn2c1. The van der Waals surface area contributed by atoms with Crippen LogP contribution in [0.15, 0.2) is 24.5 Å². The van der Waals surface area contributed by atoms with E-state index in [1.165, 1.54) is 4.90 Å². The summed E-state index contributed by atoms with van der Waals surface area (Å²) in [5.74, 6) is -0.481. The molecule has 0 saturated carbocycles. The molecule has 2 aromatic rings. The number of hydrogen-bond donors (Lipinski definition) is 5. The van der Waals surface area contributed by atoms with Gasteiger partial charge in [-0.15, -0.1) is 0 Å². The Morgan fingerprint density at radius 3 is 2.79 bits per heavy atom. The van der Waals surface area contributed by atoms with Gasteiger partial charge in [0.1, 0.15) is 5.65 Å². The molecule has 3 rings (SSSR count). The van der Waals surface area contributed by atoms with Crippen molar-refractivity contribution in [3.05, 3.63) is 30.1 Å². The Morgan fingerprint density at radius 1 is 1.33 bits per heavy atom. The van der Waals surface area contributed by atoms with E-state index in [1.54, 1.807) is 34.4 Å². The van der Waals surface area contributed by atoms with Crippen LogP contribution >= 0.6 is 0 Å². The summed E-state index contributed by atoms with van der Waals surface area (Å²) < 4.78 is 1.62. The highest BCUT2D eigenvalue weighted by Crippen LogP contribution is 2.19. The van der Waals surface area contributed by atoms with Crippen molar-refractivity contribution in [3.8, 4) is 0 Å². The molecule has 5 N–H and O–H groups in total. The van der Waals surface area contributed by atoms with Crippen LogP contribution in [-0.2, 0) is 4.79 Å². The fourth-order valence-corrected chi connectivity index (χ4v) is 2.64. The molecule has 126 valence electrons. The van der Waals surface area contributed by atoms with Crippen LogP contribution in [-0.4, -0.2) is 55.5 Å². The van der Waals surface area contributed by atoms with Gasteiger partial charge in [0.05, 0.1) is 12.1 Å². The highest BCUT2D eigenvalue weighted by atomic mass is 16.5. The summed E-state index contributed by atoms with van der Waals surface area (Å²) in [6.45, 7) is 0.524. The van der Waals surface area contributed by atoms with E-state index in [0.717, 1.165) is 0 Å². The number of hydrogen-bond acceptors (Lipinski definition) is 5. The molecule has 0 aliphatic carbocycles. The smallest absolute Gasteiger partial charge is 0.407 e. The highest BCUT2D eigenvalue weighted by Gasteiger charge is 2.31. The number of rotatable bonds is 3. The van der Waals surface area contributed by atoms with Crippen LogP contribution in [0, 0.1) is 11.3 Å². The number of anilines is 1. The average molecular weight is 332 g/mol. The van der Waals surface area contributed by atoms with E-state index in [9.17, 15) is 9.59 Å². The minimum absolute atomic E-state index is 0.157. The first kappa shape index (κ1) is 15.7. The largest absolute Gasteiger partial charge is 0.465 e. The molecule has 2 amide bonds. The van der Waals surface area contributed by atoms with Crippen LogP contribution in [0.1, 0.15) is 12.0 Å². The van der Waals surface area contributed by atoms with Gasteiger partial charge in [0.2, 0.25) is 5.91 Å². The lowest BCUT2D eigenvalue weighted by Crippen LogP contribution is -2.30. The van der Waals surface area contributed by atoms with Crippen molar-refractivity contribution in [2.45, 2.75) is 6.42 Å². The fourth-order valence-electron chi connectivity index (χ4n) is 2.64. The molecule has 0 unspecified atom stereocenters. The number of fused-ring (bicyclic) bond motifs is 1. The maximum atomic E-state index is 12.2. The van der Waals surface area contributed by atoms with Crippen molar-refractivity contribution in [1.82, 2.24) is 19.8 Å². The molecule has 3 heterocycles. The molecule has 24 heavy (non-hydrogen) atoms. The van der Waals surface area contributed by atoms with Crippen molar-refractivity contribution < 1.29 is 19.9 Å². The van der Waals surface area contributed by atoms with Gasteiger partial charge in [-0.25, -0.2) is 9.78 Å². The highest BCUT2D eigenvalue weighted by molar-refractivity contribution is 5.95. The van der Waals surface area contributed by atoms with E-state index in [2.05, 4.69) is 10.3 Å². The molecule has 1 aliphatic rings. The summed E-state index contributed by atoms with van der Waals surface area (Å²) in [6, 6.07) is 3.26. The number of imidazole rings is 1. The standard InChI is InChI=1S/C14H16N6O4/c15-12(18-24)8-1-2-11-16-10(7-20(11)5-8)17-13(21)9-3-4-19(6-9)14(22)23/h1-2,5,7,9,24H,3-4,6H2,(H2,15,18)(H,17,21)(H,22,23)/t9-/m0/s1. The molecular weight excluding hydrogens is 316 g/mol. The van der Waals surface area contributed by atoms with Crippen molar-refractivity contribution in [1.29, 1.82) is 5.41 Å². The lowest BCUT2D eigenvalue weighted by atomic mass is 10.1. The zero-order valence-electron chi connectivity index (χ0n) is 12.6. The number of carboxylic acid groups (broad SMARTS) is 1. The third-order valence-electron chi connectivity index (χ3n) is 3.93. The quantitative estimate of drug-likeness (QED) is 0.316. The van der Waals surface area contributed by atoms with Gasteiger partial charge in [-0.1, -0.05) is 0 Å². The molecule has 1 fully saturated rings. The summed E-state index contributed by atoms with van der Waals surface area (Å²) >= 11 is 0. The van der Waals surface area contributed by atoms with E-state index in [1.807, 2.05) is 0 Å². The molecule has 0 bridgehead atoms. The average Bonchev–Trinajstić information content (AvgIpc) is 3.19. The molecule has 2 aromatic heterocycles. The summed E-state index contributed by atoms with van der Waals surface area (Å²) in [7, 11) is 0. The Morgan fingerprint density at radius 2 is 2.12 bits per heavy atom. The van der Waals surface area contributed by atoms with E-state index >= 15 is 0 Å². The van der Waals surface area contributed by atoms with Crippen LogP contribution in [0.25, 0.3) is 5.65 Å². The minimum Gasteiger partial charge on any atom is -0.465 e. The summed E-state index contributed by atoms with van der Waals surface area (Å²) in [6.07, 6.45) is 2.64. The van der Waals surface area contributed by atoms with Gasteiger partial charge < -0.3 is 19.7 Å². The van der Waals surface area contributed by atoms with Crippen molar-refractivity contribution in [2.24, 2.45) is 5.92 Å². The number of carbonyl (C=O) groups excluding carboxylic acids is 1. The number of carbonyl (C=O) groups is 2. The number of pyridine rings is 1. The number of amides is 2. The second-order valence-corrected chi connectivity index (χ2v) is 5.50. The molecule has 0 spiro atoms. The maximum absolute atomic E-state index is 12.2. The van der Waals surface area contributed by atoms with Crippen LogP contribution in [0.2, 0.25) is 0 Å². The van der Waals surface area contributed by atoms with Crippen LogP contribution in [0.3, 0.4) is 0 Å². The predicted molar refractivity (Wildman–Crippen MR) is 83.3 cm³/mol. The monoisotopic (exact) mass is 332 g/mol. The minimum atomic E-state index is -1.02. The molecule has 0 radical (unpaired) electrons. The second kappa shape index (κ2) is 6.16. The van der Waals surface area contributed by atoms with Gasteiger partial charge in [-0.05, 0) is 18.6 Å². The Bertz CT molecular complexity index is 817. The first-order valence-corrected chi connectivity index (χ1v) is 7.24. The first-order valence-electron chi connectivity index (χ1n) is 7.24. The van der Waals surface area contributed by atoms with E-state index < -0.39 is 12.0 Å². The predicted octanol–water partition coefficient (Wildman–Crippen LogP) is 0.577. The topological polar surface area (TPSA) is 143 Å². The zero-order valence-corrected chi connectivity index (χ0v) is 12.6. The Balaban J connectivity index is 1.72. The van der Waals surface area contributed by atoms with E-state index in [-0.39, 0.29) is 18.3 Å². The van der Waals surface area contributed by atoms with E-state index in [4.69, 9.17) is 15.7 Å². The molecule has 0 aromatic carbocycles. The Labute approximate surface area is 136 Å². The van der Waals surface area contributed by atoms with E-state index in [0.29, 0.717) is 30.0 Å². The van der Waals surface area contributed by atoms with Gasteiger partial charge >= 0.3 is 6.09 Å². The number of nitrogens with zero attached hydrogens (tertiary/aromatic N) is 3. The van der Waals surface area contributed by atoms with Crippen molar-refractivity contribution in [3.63, 3.8) is 0 Å². The second-order valence-electron chi connectivity index (χ2n) is 5.50. The molecule has 1 saturated heterocycles. The Hall–Kier alpha value is -3.14. The normalized spacial score (nSPS) is 17.0. The summed E-state index contributed by atoms with van der Waals surface area (Å²) in [5, 5.41) is 27.9. The molecule has 1 atom stereocenters. The number of amidine groups is 1. The van der Waals surface area contributed by atoms with Gasteiger partial charge in [-0.3, -0.25) is 20.9 Å². The number of nitrogens with one attached hydrogen (secondary N) is 3. The molecule has 10 heteroatoms. The number of aromatic nitrogens is 2. The number of likely N-dealkylation sites (tertiary alicyclic amines) is 1. The van der Waals surface area contributed by atoms with Crippen LogP contribution < -0.4 is 10.8 Å². The molecule has 10 nitrogen and oxygen atoms in total. The number of hydroxylamine groups is 1. The van der Waals surface area contributed by atoms with Crippen molar-refractivity contribution in [2.75, 3.05) is 18.4 Å². The third kappa shape index (κ3) is 2.99. The lowest BCUT2D eigenvalue weighted by molar-refractivity contribution is -0.119. The zero-order chi connectivity index (χ0) is 17.3. The summed E-state index contributed by atoms with van der Waals surface area (Å²) in [5.41, 5.74) is 2.78. The van der Waals surface area contributed by atoms with Crippen LogP contribution in [0.4, 0.5) is 10.6 Å². The van der Waals surface area contributed by atoms with Gasteiger partial charge in [0.15, 0.2) is 11.7 Å². The maximum Gasteiger partial charge on any atom is 0.407 e. The van der Waals surface area contributed by atoms with Gasteiger partial charge in [-0.2, -0.15) is 0 Å². The van der Waals surface area contributed by atoms with Crippen LogP contribution in [0.5, 0.6) is 0 Å².